The summed E-state index contributed by atoms with van der Waals surface area (Å²) in [6, 6.07) is 0. The second-order valence-corrected chi connectivity index (χ2v) is 5.39. The van der Waals surface area contributed by atoms with E-state index in [1.165, 1.54) is 5.69 Å². The smallest absolute Gasteiger partial charge is 0.226 e. The molecule has 8 heteroatoms. The molecule has 108 valence electrons. The molecule has 3 aromatic rings. The minimum Gasteiger partial charge on any atom is -0.348 e. The molecular formula is C13H14ClN7. The highest BCUT2D eigenvalue weighted by Gasteiger charge is 2.23. The first-order valence-corrected chi connectivity index (χ1v) is 7.30. The van der Waals surface area contributed by atoms with E-state index in [0.29, 0.717) is 12.2 Å². The number of halogens is 1. The Labute approximate surface area is 125 Å². The molecule has 1 aliphatic rings. The van der Waals surface area contributed by atoms with Crippen molar-refractivity contribution in [3.05, 3.63) is 28.8 Å². The van der Waals surface area contributed by atoms with E-state index in [1.54, 1.807) is 6.33 Å². The van der Waals surface area contributed by atoms with Gasteiger partial charge in [0.15, 0.2) is 17.0 Å². The molecule has 0 saturated heterocycles. The number of nitrogens with one attached hydrogen (secondary N) is 2. The second kappa shape index (κ2) is 4.70. The number of nitrogens with zero attached hydrogens (tertiary/aromatic N) is 5. The van der Waals surface area contributed by atoms with Crippen molar-refractivity contribution in [2.45, 2.75) is 26.3 Å². The highest BCUT2D eigenvalue weighted by molar-refractivity contribution is 6.28. The Bertz CT molecular complexity index is 806. The number of aromatic amines is 2. The predicted molar refractivity (Wildman–Crippen MR) is 79.4 cm³/mol. The summed E-state index contributed by atoms with van der Waals surface area (Å²) in [5.74, 6) is 1.66. The molecule has 1 aliphatic heterocycles. The van der Waals surface area contributed by atoms with Gasteiger partial charge in [-0.15, -0.1) is 0 Å². The minimum absolute atomic E-state index is 0.233. The van der Waals surface area contributed by atoms with Gasteiger partial charge in [0.25, 0.3) is 0 Å². The predicted octanol–water partition coefficient (Wildman–Crippen LogP) is 1.85. The summed E-state index contributed by atoms with van der Waals surface area (Å²) < 4.78 is 0. The van der Waals surface area contributed by atoms with Crippen molar-refractivity contribution in [3.8, 4) is 0 Å². The largest absolute Gasteiger partial charge is 0.348 e. The third kappa shape index (κ3) is 2.04. The van der Waals surface area contributed by atoms with Gasteiger partial charge in [0, 0.05) is 25.1 Å². The summed E-state index contributed by atoms with van der Waals surface area (Å²) in [7, 11) is 0. The number of anilines is 1. The van der Waals surface area contributed by atoms with Crippen molar-refractivity contribution in [3.63, 3.8) is 0 Å². The van der Waals surface area contributed by atoms with Gasteiger partial charge >= 0.3 is 0 Å². The van der Waals surface area contributed by atoms with Crippen LogP contribution in [0.1, 0.15) is 24.1 Å². The number of fused-ring (bicyclic) bond motifs is 2. The zero-order chi connectivity index (χ0) is 14.4. The fraction of sp³-hybridized carbons (Fsp3) is 0.385. The Balaban J connectivity index is 1.81. The third-order valence-electron chi connectivity index (χ3n) is 3.76. The molecule has 0 aliphatic carbocycles. The molecule has 0 amide bonds. The van der Waals surface area contributed by atoms with Crippen LogP contribution in [-0.4, -0.2) is 36.4 Å². The average molecular weight is 304 g/mol. The fourth-order valence-corrected chi connectivity index (χ4v) is 2.85. The molecule has 0 bridgehead atoms. The SMILES string of the molecule is CCc1nc2c(N3CCc4[nH]cnc4C3)nc(Cl)nc2[nH]1. The minimum atomic E-state index is 0.233. The van der Waals surface area contributed by atoms with Crippen molar-refractivity contribution in [1.82, 2.24) is 29.9 Å². The molecule has 0 atom stereocenters. The lowest BCUT2D eigenvalue weighted by Gasteiger charge is -2.27. The quantitative estimate of drug-likeness (QED) is 0.706. The van der Waals surface area contributed by atoms with Crippen LogP contribution in [0.3, 0.4) is 0 Å². The maximum Gasteiger partial charge on any atom is 0.226 e. The molecule has 4 rings (SSSR count). The molecule has 0 aromatic carbocycles. The van der Waals surface area contributed by atoms with Gasteiger partial charge in [-0.25, -0.2) is 9.97 Å². The fourth-order valence-electron chi connectivity index (χ4n) is 2.68. The summed E-state index contributed by atoms with van der Waals surface area (Å²) in [5, 5.41) is 0.233. The molecular weight excluding hydrogens is 290 g/mol. The molecule has 21 heavy (non-hydrogen) atoms. The highest BCUT2D eigenvalue weighted by Crippen LogP contribution is 2.27. The van der Waals surface area contributed by atoms with Crippen LogP contribution in [0.4, 0.5) is 5.82 Å². The number of hydrogen-bond donors (Lipinski definition) is 2. The van der Waals surface area contributed by atoms with E-state index in [-0.39, 0.29) is 5.28 Å². The lowest BCUT2D eigenvalue weighted by molar-refractivity contribution is 0.702. The van der Waals surface area contributed by atoms with Gasteiger partial charge in [0.05, 0.1) is 18.6 Å². The Kier molecular flexibility index (Phi) is 2.81. The topological polar surface area (TPSA) is 86.4 Å². The number of H-pyrrole nitrogens is 2. The zero-order valence-electron chi connectivity index (χ0n) is 11.5. The lowest BCUT2D eigenvalue weighted by atomic mass is 10.1. The van der Waals surface area contributed by atoms with Gasteiger partial charge in [0.1, 0.15) is 5.82 Å². The number of aryl methyl sites for hydroxylation is 1. The van der Waals surface area contributed by atoms with E-state index >= 15 is 0 Å². The molecule has 4 heterocycles. The van der Waals surface area contributed by atoms with Crippen LogP contribution in [0.25, 0.3) is 11.2 Å². The van der Waals surface area contributed by atoms with Crippen LogP contribution >= 0.6 is 11.6 Å². The van der Waals surface area contributed by atoms with Gasteiger partial charge in [-0.05, 0) is 11.6 Å². The third-order valence-corrected chi connectivity index (χ3v) is 3.93. The first-order chi connectivity index (χ1) is 10.2. The van der Waals surface area contributed by atoms with Crippen LogP contribution in [0.2, 0.25) is 5.28 Å². The average Bonchev–Trinajstić information content (AvgIpc) is 3.11. The van der Waals surface area contributed by atoms with Gasteiger partial charge in [-0.3, -0.25) is 0 Å². The summed E-state index contributed by atoms with van der Waals surface area (Å²) in [5.41, 5.74) is 3.71. The van der Waals surface area contributed by atoms with Crippen molar-refractivity contribution >= 4 is 28.6 Å². The van der Waals surface area contributed by atoms with Crippen molar-refractivity contribution in [2.75, 3.05) is 11.4 Å². The lowest BCUT2D eigenvalue weighted by Crippen LogP contribution is -2.31. The van der Waals surface area contributed by atoms with E-state index in [2.05, 4.69) is 34.8 Å². The Hall–Kier alpha value is -2.15. The van der Waals surface area contributed by atoms with Crippen LogP contribution in [-0.2, 0) is 19.4 Å². The summed E-state index contributed by atoms with van der Waals surface area (Å²) in [6.45, 7) is 3.60. The highest BCUT2D eigenvalue weighted by atomic mass is 35.5. The van der Waals surface area contributed by atoms with Crippen molar-refractivity contribution < 1.29 is 0 Å². The summed E-state index contributed by atoms with van der Waals surface area (Å²) in [4.78, 5) is 26.1. The Morgan fingerprint density at radius 1 is 1.33 bits per heavy atom. The van der Waals surface area contributed by atoms with E-state index in [0.717, 1.165) is 42.2 Å². The van der Waals surface area contributed by atoms with Gasteiger partial charge in [0.2, 0.25) is 5.28 Å². The number of hydrogen-bond acceptors (Lipinski definition) is 5. The molecule has 2 N–H and O–H groups in total. The monoisotopic (exact) mass is 303 g/mol. The van der Waals surface area contributed by atoms with Crippen molar-refractivity contribution in [2.24, 2.45) is 0 Å². The second-order valence-electron chi connectivity index (χ2n) is 5.05. The molecule has 0 fully saturated rings. The number of aromatic nitrogens is 6. The van der Waals surface area contributed by atoms with E-state index in [9.17, 15) is 0 Å². The zero-order valence-corrected chi connectivity index (χ0v) is 12.3. The number of rotatable bonds is 2. The molecule has 0 unspecified atom stereocenters. The summed E-state index contributed by atoms with van der Waals surface area (Å²) in [6.07, 6.45) is 3.46. The first-order valence-electron chi connectivity index (χ1n) is 6.92. The normalized spacial score (nSPS) is 14.7. The molecule has 0 saturated carbocycles. The molecule has 3 aromatic heterocycles. The standard InChI is InChI=1S/C13H14ClN7/c1-2-9-17-10-11(18-9)19-13(14)20-12(10)21-4-3-7-8(5-21)16-6-15-7/h6H,2-5H2,1H3,(H,15,16)(H,17,18,19,20). The molecule has 0 radical (unpaired) electrons. The maximum atomic E-state index is 6.06. The van der Waals surface area contributed by atoms with Gasteiger partial charge in [-0.1, -0.05) is 6.92 Å². The van der Waals surface area contributed by atoms with Gasteiger partial charge in [-0.2, -0.15) is 9.97 Å². The Morgan fingerprint density at radius 2 is 2.24 bits per heavy atom. The van der Waals surface area contributed by atoms with E-state index in [1.807, 2.05) is 6.92 Å². The molecule has 0 spiro atoms. The number of imidazole rings is 2. The van der Waals surface area contributed by atoms with Gasteiger partial charge < -0.3 is 14.9 Å². The van der Waals surface area contributed by atoms with Crippen LogP contribution in [0, 0.1) is 0 Å². The maximum absolute atomic E-state index is 6.06. The van der Waals surface area contributed by atoms with Crippen molar-refractivity contribution in [1.29, 1.82) is 0 Å². The Morgan fingerprint density at radius 3 is 3.10 bits per heavy atom. The summed E-state index contributed by atoms with van der Waals surface area (Å²) >= 11 is 6.06. The van der Waals surface area contributed by atoms with E-state index in [4.69, 9.17) is 11.6 Å². The van der Waals surface area contributed by atoms with Crippen LogP contribution in [0.5, 0.6) is 0 Å². The first kappa shape index (κ1) is 12.6. The van der Waals surface area contributed by atoms with Crippen LogP contribution < -0.4 is 4.90 Å². The van der Waals surface area contributed by atoms with Crippen LogP contribution in [0.15, 0.2) is 6.33 Å². The molecule has 7 nitrogen and oxygen atoms in total. The van der Waals surface area contributed by atoms with E-state index < -0.39 is 0 Å².